The minimum absolute atomic E-state index is 0.123. The highest BCUT2D eigenvalue weighted by atomic mass is 32.2. The number of hydrogen-bond acceptors (Lipinski definition) is 5. The zero-order valence-electron chi connectivity index (χ0n) is 11.8. The summed E-state index contributed by atoms with van der Waals surface area (Å²) in [6, 6.07) is 5.43. The fourth-order valence-electron chi connectivity index (χ4n) is 2.58. The Morgan fingerprint density at radius 3 is 3.14 bits per heavy atom. The molecule has 1 saturated heterocycles. The number of ether oxygens (including phenoxy) is 1. The van der Waals surface area contributed by atoms with Gasteiger partial charge < -0.3 is 4.74 Å². The van der Waals surface area contributed by atoms with E-state index in [9.17, 15) is 9.59 Å². The first-order chi connectivity index (χ1) is 10.7. The second-order valence-corrected chi connectivity index (χ2v) is 6.20. The zero-order valence-corrected chi connectivity index (χ0v) is 12.6. The standard InChI is InChI=1S/C14H14N4O3S/c15-17-16-6-11-7-18(14(20)21-11)10-1-2-12-9(5-10)8-22-4-3-13(12)19/h1-2,5,11H,3-4,6-8H2/t11-/m0/s1. The fourth-order valence-corrected chi connectivity index (χ4v) is 3.51. The highest BCUT2D eigenvalue weighted by Crippen LogP contribution is 2.29. The van der Waals surface area contributed by atoms with Gasteiger partial charge in [0.05, 0.1) is 13.1 Å². The number of fused-ring (bicyclic) bond motifs is 1. The van der Waals surface area contributed by atoms with Gasteiger partial charge in [-0.3, -0.25) is 9.69 Å². The number of Topliss-reactive ketones (excluding diaryl/α,β-unsaturated/α-hetero) is 1. The summed E-state index contributed by atoms with van der Waals surface area (Å²) in [5.41, 5.74) is 10.7. The van der Waals surface area contributed by atoms with Crippen LogP contribution in [0, 0.1) is 0 Å². The molecule has 0 aliphatic carbocycles. The van der Waals surface area contributed by atoms with Crippen LogP contribution in [0.3, 0.4) is 0 Å². The number of thioether (sulfide) groups is 1. The minimum Gasteiger partial charge on any atom is -0.444 e. The number of azide groups is 1. The second kappa shape index (κ2) is 6.29. The lowest BCUT2D eigenvalue weighted by Gasteiger charge is -2.15. The van der Waals surface area contributed by atoms with Crippen LogP contribution in [-0.2, 0) is 10.5 Å². The second-order valence-electron chi connectivity index (χ2n) is 5.10. The van der Waals surface area contributed by atoms with E-state index in [4.69, 9.17) is 10.3 Å². The molecule has 2 heterocycles. The Kier molecular flexibility index (Phi) is 4.22. The lowest BCUT2D eigenvalue weighted by atomic mass is 10.0. The van der Waals surface area contributed by atoms with Crippen molar-refractivity contribution in [3.8, 4) is 0 Å². The molecule has 0 bridgehead atoms. The van der Waals surface area contributed by atoms with E-state index >= 15 is 0 Å². The normalized spacial score (nSPS) is 20.9. The van der Waals surface area contributed by atoms with E-state index in [2.05, 4.69) is 10.0 Å². The Morgan fingerprint density at radius 2 is 2.32 bits per heavy atom. The molecule has 1 aromatic carbocycles. The molecule has 114 valence electrons. The number of hydrogen-bond donors (Lipinski definition) is 0. The quantitative estimate of drug-likeness (QED) is 0.486. The van der Waals surface area contributed by atoms with Gasteiger partial charge in [-0.1, -0.05) is 5.11 Å². The van der Waals surface area contributed by atoms with E-state index in [0.29, 0.717) is 18.7 Å². The monoisotopic (exact) mass is 318 g/mol. The number of benzene rings is 1. The molecule has 0 radical (unpaired) electrons. The Labute approximate surface area is 131 Å². The molecule has 8 heteroatoms. The van der Waals surface area contributed by atoms with Gasteiger partial charge in [0, 0.05) is 34.1 Å². The van der Waals surface area contributed by atoms with Crippen molar-refractivity contribution in [1.82, 2.24) is 0 Å². The largest absolute Gasteiger partial charge is 0.444 e. The molecule has 0 aromatic heterocycles. The van der Waals surface area contributed by atoms with Gasteiger partial charge in [-0.05, 0) is 29.3 Å². The Morgan fingerprint density at radius 1 is 1.45 bits per heavy atom. The smallest absolute Gasteiger partial charge is 0.414 e. The van der Waals surface area contributed by atoms with Crippen molar-refractivity contribution in [2.45, 2.75) is 18.3 Å². The van der Waals surface area contributed by atoms with Gasteiger partial charge in [-0.25, -0.2) is 4.79 Å². The van der Waals surface area contributed by atoms with Gasteiger partial charge in [0.1, 0.15) is 6.10 Å². The third kappa shape index (κ3) is 2.88. The molecular weight excluding hydrogens is 304 g/mol. The Bertz CT molecular complexity index is 672. The van der Waals surface area contributed by atoms with Gasteiger partial charge in [0.25, 0.3) is 0 Å². The predicted octanol–water partition coefficient (Wildman–Crippen LogP) is 3.14. The number of amides is 1. The Hall–Kier alpha value is -2.18. The van der Waals surface area contributed by atoms with Gasteiger partial charge >= 0.3 is 6.09 Å². The van der Waals surface area contributed by atoms with Crippen molar-refractivity contribution < 1.29 is 14.3 Å². The summed E-state index contributed by atoms with van der Waals surface area (Å²) in [5.74, 6) is 1.74. The number of carbonyl (C=O) groups is 2. The van der Waals surface area contributed by atoms with Crippen molar-refractivity contribution >= 4 is 29.3 Å². The number of cyclic esters (lactones) is 1. The molecule has 0 saturated carbocycles. The van der Waals surface area contributed by atoms with E-state index in [-0.39, 0.29) is 12.3 Å². The summed E-state index contributed by atoms with van der Waals surface area (Å²) < 4.78 is 5.17. The zero-order chi connectivity index (χ0) is 15.5. The molecule has 2 aliphatic rings. The molecule has 1 aromatic rings. The van der Waals surface area contributed by atoms with Crippen molar-refractivity contribution in [3.05, 3.63) is 39.8 Å². The van der Waals surface area contributed by atoms with Crippen LogP contribution in [0.2, 0.25) is 0 Å². The summed E-state index contributed by atoms with van der Waals surface area (Å²) in [4.78, 5) is 28.1. The number of carbonyl (C=O) groups excluding carboxylic acids is 2. The van der Waals surface area contributed by atoms with Crippen LogP contribution < -0.4 is 4.90 Å². The molecule has 0 N–H and O–H groups in total. The molecule has 1 atom stereocenters. The molecular formula is C14H14N4O3S. The van der Waals surface area contributed by atoms with E-state index < -0.39 is 12.2 Å². The first-order valence-electron chi connectivity index (χ1n) is 6.92. The molecule has 1 fully saturated rings. The molecule has 22 heavy (non-hydrogen) atoms. The van der Waals surface area contributed by atoms with Crippen LogP contribution in [0.5, 0.6) is 0 Å². The molecule has 1 amide bonds. The summed E-state index contributed by atoms with van der Waals surface area (Å²) in [6.07, 6.45) is -0.333. The first-order valence-corrected chi connectivity index (χ1v) is 8.07. The van der Waals surface area contributed by atoms with Crippen molar-refractivity contribution in [1.29, 1.82) is 0 Å². The van der Waals surface area contributed by atoms with E-state index in [0.717, 1.165) is 22.6 Å². The maximum atomic E-state index is 12.0. The van der Waals surface area contributed by atoms with E-state index in [1.807, 2.05) is 6.07 Å². The lowest BCUT2D eigenvalue weighted by molar-refractivity contribution is 0.0989. The highest BCUT2D eigenvalue weighted by Gasteiger charge is 2.32. The summed E-state index contributed by atoms with van der Waals surface area (Å²) >= 11 is 1.72. The molecule has 2 aliphatic heterocycles. The third-order valence-electron chi connectivity index (χ3n) is 3.65. The minimum atomic E-state index is -0.453. The lowest BCUT2D eigenvalue weighted by Crippen LogP contribution is -2.25. The van der Waals surface area contributed by atoms with Crippen LogP contribution in [-0.4, -0.2) is 36.8 Å². The predicted molar refractivity (Wildman–Crippen MR) is 83.2 cm³/mol. The van der Waals surface area contributed by atoms with Crippen molar-refractivity contribution in [3.63, 3.8) is 0 Å². The molecule has 7 nitrogen and oxygen atoms in total. The van der Waals surface area contributed by atoms with Gasteiger partial charge in [-0.2, -0.15) is 11.8 Å². The van der Waals surface area contributed by atoms with Crippen LogP contribution in [0.4, 0.5) is 10.5 Å². The van der Waals surface area contributed by atoms with Gasteiger partial charge in [0.15, 0.2) is 5.78 Å². The van der Waals surface area contributed by atoms with Crippen LogP contribution in [0.25, 0.3) is 10.4 Å². The number of nitrogens with zero attached hydrogens (tertiary/aromatic N) is 4. The highest BCUT2D eigenvalue weighted by molar-refractivity contribution is 7.98. The number of rotatable bonds is 3. The van der Waals surface area contributed by atoms with Crippen molar-refractivity contribution in [2.24, 2.45) is 5.11 Å². The SMILES string of the molecule is [N-]=[N+]=NC[C@H]1CN(c2ccc3c(c2)CSCCC3=O)C(=O)O1. The van der Waals surface area contributed by atoms with Crippen LogP contribution in [0.1, 0.15) is 22.3 Å². The fraction of sp³-hybridized carbons (Fsp3) is 0.429. The van der Waals surface area contributed by atoms with Gasteiger partial charge in [0.2, 0.25) is 0 Å². The van der Waals surface area contributed by atoms with Gasteiger partial charge in [-0.15, -0.1) is 0 Å². The summed E-state index contributed by atoms with van der Waals surface area (Å²) in [7, 11) is 0. The van der Waals surface area contributed by atoms with Crippen LogP contribution >= 0.6 is 11.8 Å². The topological polar surface area (TPSA) is 95.4 Å². The van der Waals surface area contributed by atoms with E-state index in [1.54, 1.807) is 23.9 Å². The third-order valence-corrected chi connectivity index (χ3v) is 4.66. The number of anilines is 1. The molecule has 0 spiro atoms. The maximum absolute atomic E-state index is 12.0. The average molecular weight is 318 g/mol. The number of ketones is 1. The first kappa shape index (κ1) is 14.7. The molecule has 3 rings (SSSR count). The maximum Gasteiger partial charge on any atom is 0.414 e. The van der Waals surface area contributed by atoms with E-state index in [1.165, 1.54) is 4.90 Å². The van der Waals surface area contributed by atoms with Crippen molar-refractivity contribution in [2.75, 3.05) is 23.7 Å². The van der Waals surface area contributed by atoms with Crippen LogP contribution in [0.15, 0.2) is 23.3 Å². The summed E-state index contributed by atoms with van der Waals surface area (Å²) in [6.45, 7) is 0.468. The average Bonchev–Trinajstić information content (AvgIpc) is 2.79. The summed E-state index contributed by atoms with van der Waals surface area (Å²) in [5, 5.41) is 3.44. The Balaban J connectivity index is 1.83. The molecule has 0 unspecified atom stereocenters.